The Morgan fingerprint density at radius 2 is 1.88 bits per heavy atom. The van der Waals surface area contributed by atoms with Gasteiger partial charge in [0.1, 0.15) is 17.9 Å². The van der Waals surface area contributed by atoms with E-state index in [1.54, 1.807) is 17.2 Å². The lowest BCUT2D eigenvalue weighted by atomic mass is 9.83. The van der Waals surface area contributed by atoms with Crippen LogP contribution in [0.5, 0.6) is 0 Å². The van der Waals surface area contributed by atoms with E-state index in [0.717, 1.165) is 23.1 Å². The summed E-state index contributed by atoms with van der Waals surface area (Å²) in [5.74, 6) is 1.51. The first-order valence-electron chi connectivity index (χ1n) is 13.4. The number of aromatic amines is 1. The van der Waals surface area contributed by atoms with Crippen molar-refractivity contribution >= 4 is 29.4 Å². The van der Waals surface area contributed by atoms with Crippen molar-refractivity contribution in [2.75, 3.05) is 29.9 Å². The average Bonchev–Trinajstić information content (AvgIpc) is 3.58. The number of aryl methyl sites for hydroxylation is 2. The molecule has 1 atom stereocenters. The van der Waals surface area contributed by atoms with Crippen molar-refractivity contribution in [3.05, 3.63) is 65.6 Å². The molecule has 6 rings (SSSR count). The number of carbonyl (C=O) groups is 2. The molecule has 0 radical (unpaired) electrons. The van der Waals surface area contributed by atoms with Crippen molar-refractivity contribution < 1.29 is 14.0 Å². The summed E-state index contributed by atoms with van der Waals surface area (Å²) in [7, 11) is 0. The van der Waals surface area contributed by atoms with Crippen LogP contribution in [0.2, 0.25) is 0 Å². The zero-order valence-electron chi connectivity index (χ0n) is 22.9. The van der Waals surface area contributed by atoms with Gasteiger partial charge >= 0.3 is 0 Å². The van der Waals surface area contributed by atoms with E-state index in [4.69, 9.17) is 0 Å². The van der Waals surface area contributed by atoms with Gasteiger partial charge in [0.15, 0.2) is 17.5 Å². The molecule has 0 saturated carbocycles. The predicted molar refractivity (Wildman–Crippen MR) is 147 cm³/mol. The van der Waals surface area contributed by atoms with E-state index in [9.17, 15) is 14.0 Å². The van der Waals surface area contributed by atoms with Gasteiger partial charge in [-0.25, -0.2) is 19.0 Å². The average molecular weight is 560 g/mol. The van der Waals surface area contributed by atoms with Crippen LogP contribution in [0.1, 0.15) is 42.8 Å². The van der Waals surface area contributed by atoms with Gasteiger partial charge in [0.25, 0.3) is 0 Å². The molecule has 1 spiro atoms. The number of halogens is 1. The minimum absolute atomic E-state index is 0.0414. The van der Waals surface area contributed by atoms with Crippen LogP contribution < -0.4 is 15.5 Å². The number of pyridine rings is 1. The summed E-state index contributed by atoms with van der Waals surface area (Å²) in [4.78, 5) is 44.0. The summed E-state index contributed by atoms with van der Waals surface area (Å²) in [5, 5.41) is 17.2. The number of carbonyl (C=O) groups excluding carboxylic acids is 2. The second-order valence-electron chi connectivity index (χ2n) is 10.5. The van der Waals surface area contributed by atoms with Gasteiger partial charge in [-0.15, -0.1) is 0 Å². The van der Waals surface area contributed by atoms with E-state index in [-0.39, 0.29) is 18.4 Å². The molecule has 4 aromatic heterocycles. The van der Waals surface area contributed by atoms with Crippen LogP contribution in [0.25, 0.3) is 5.82 Å². The Morgan fingerprint density at radius 1 is 1.07 bits per heavy atom. The number of aromatic nitrogens is 7. The molecule has 3 N–H and O–H groups in total. The molecule has 4 aromatic rings. The molecule has 0 aromatic carbocycles. The third-order valence-electron chi connectivity index (χ3n) is 7.57. The Labute approximate surface area is 235 Å². The lowest BCUT2D eigenvalue weighted by molar-refractivity contribution is -0.153. The van der Waals surface area contributed by atoms with Crippen LogP contribution in [0.4, 0.5) is 22.0 Å². The number of rotatable bonds is 6. The maximum atomic E-state index is 13.9. The molecule has 2 aliphatic rings. The quantitative estimate of drug-likeness (QED) is 0.323. The monoisotopic (exact) mass is 559 g/mol. The zero-order valence-corrected chi connectivity index (χ0v) is 22.9. The molecular weight excluding hydrogens is 529 g/mol. The van der Waals surface area contributed by atoms with E-state index in [0.29, 0.717) is 49.3 Å². The summed E-state index contributed by atoms with van der Waals surface area (Å²) in [6.07, 6.45) is 4.80. The number of piperazine rings is 1. The first-order valence-corrected chi connectivity index (χ1v) is 13.4. The summed E-state index contributed by atoms with van der Waals surface area (Å²) in [6, 6.07) is 6.86. The second kappa shape index (κ2) is 10.3. The van der Waals surface area contributed by atoms with Crippen molar-refractivity contribution in [3.63, 3.8) is 0 Å². The van der Waals surface area contributed by atoms with Gasteiger partial charge < -0.3 is 20.4 Å². The first-order chi connectivity index (χ1) is 19.7. The van der Waals surface area contributed by atoms with Crippen LogP contribution in [-0.4, -0.2) is 76.8 Å². The minimum atomic E-state index is -1.00. The fourth-order valence-corrected chi connectivity index (χ4v) is 5.36. The lowest BCUT2D eigenvalue weighted by Gasteiger charge is -2.47. The van der Waals surface area contributed by atoms with Crippen LogP contribution in [0.3, 0.4) is 0 Å². The summed E-state index contributed by atoms with van der Waals surface area (Å²) >= 11 is 0. The molecule has 2 aliphatic heterocycles. The largest absolute Gasteiger partial charge is 0.341 e. The fourth-order valence-electron chi connectivity index (χ4n) is 5.36. The number of hydrogen-bond acceptors (Lipinski definition) is 9. The fraction of sp³-hybridized carbons (Fsp3) is 0.370. The van der Waals surface area contributed by atoms with Crippen LogP contribution in [0, 0.1) is 19.7 Å². The predicted octanol–water partition coefficient (Wildman–Crippen LogP) is 2.34. The highest BCUT2D eigenvalue weighted by molar-refractivity contribution is 5.98. The Bertz CT molecular complexity index is 1590. The van der Waals surface area contributed by atoms with Crippen molar-refractivity contribution in [1.82, 2.24) is 45.1 Å². The molecule has 1 unspecified atom stereocenters. The Balaban J connectivity index is 1.16. The van der Waals surface area contributed by atoms with Crippen LogP contribution in [-0.2, 0) is 9.59 Å². The van der Waals surface area contributed by atoms with Gasteiger partial charge in [0.2, 0.25) is 17.8 Å². The summed E-state index contributed by atoms with van der Waals surface area (Å²) < 4.78 is 14.7. The van der Waals surface area contributed by atoms with Crippen LogP contribution >= 0.6 is 0 Å². The standard InChI is InChI=1S/C27H30FN11O2/c1-16-10-21(32-22-11-17(2)35-36-22)33-26(31-16)37-8-6-27(7-9-37)25(41)38(15-24(40)34-27)18(3)19-4-5-23(29-12-19)39-14-20(28)13-30-39/h4-5,10-14,18H,6-9,15H2,1-3H3,(H,34,40)(H2,31,32,33,35,36). The second-order valence-corrected chi connectivity index (χ2v) is 10.5. The maximum Gasteiger partial charge on any atom is 0.249 e. The number of anilines is 3. The molecule has 212 valence electrons. The Morgan fingerprint density at radius 3 is 2.54 bits per heavy atom. The highest BCUT2D eigenvalue weighted by atomic mass is 19.1. The molecule has 2 fully saturated rings. The number of H-pyrrole nitrogens is 1. The molecule has 6 heterocycles. The van der Waals surface area contributed by atoms with Crippen molar-refractivity contribution in [2.24, 2.45) is 0 Å². The number of amides is 2. The van der Waals surface area contributed by atoms with E-state index in [1.165, 1.54) is 10.9 Å². The van der Waals surface area contributed by atoms with E-state index < -0.39 is 17.4 Å². The Kier molecular flexibility index (Phi) is 6.59. The topological polar surface area (TPSA) is 150 Å². The maximum absolute atomic E-state index is 13.9. The van der Waals surface area contributed by atoms with Crippen molar-refractivity contribution in [3.8, 4) is 5.82 Å². The smallest absolute Gasteiger partial charge is 0.249 e. The van der Waals surface area contributed by atoms with Gasteiger partial charge in [-0.05, 0) is 45.2 Å². The van der Waals surface area contributed by atoms with Gasteiger partial charge in [0, 0.05) is 42.8 Å². The number of nitrogens with one attached hydrogen (secondary N) is 3. The number of hydrogen-bond donors (Lipinski definition) is 3. The SMILES string of the molecule is Cc1cc(Nc2cc(C)[nH]n2)nc(N2CCC3(CC2)NC(=O)CN(C(C)c2ccc(-n4cc(F)cn4)nc2)C3=O)n1. The molecule has 14 heteroatoms. The first kappa shape index (κ1) is 26.3. The van der Waals surface area contributed by atoms with Crippen LogP contribution in [0.15, 0.2) is 42.9 Å². The molecular formula is C27H30FN11O2. The van der Waals surface area contributed by atoms with Gasteiger partial charge in [-0.2, -0.15) is 15.2 Å². The van der Waals surface area contributed by atoms with E-state index >= 15 is 0 Å². The lowest BCUT2D eigenvalue weighted by Crippen LogP contribution is -2.69. The van der Waals surface area contributed by atoms with Crippen molar-refractivity contribution in [2.45, 2.75) is 45.2 Å². The summed E-state index contributed by atoms with van der Waals surface area (Å²) in [6.45, 7) is 6.64. The van der Waals surface area contributed by atoms with E-state index in [2.05, 4.69) is 40.9 Å². The third-order valence-corrected chi connectivity index (χ3v) is 7.57. The zero-order chi connectivity index (χ0) is 28.7. The highest BCUT2D eigenvalue weighted by Crippen LogP contribution is 2.33. The molecule has 13 nitrogen and oxygen atoms in total. The number of piperidine rings is 1. The Hall–Kier alpha value is -4.88. The highest BCUT2D eigenvalue weighted by Gasteiger charge is 2.49. The van der Waals surface area contributed by atoms with E-state index in [1.807, 2.05) is 43.9 Å². The molecule has 0 bridgehead atoms. The third kappa shape index (κ3) is 5.19. The molecule has 41 heavy (non-hydrogen) atoms. The van der Waals surface area contributed by atoms with Gasteiger partial charge in [0.05, 0.1) is 18.4 Å². The number of nitrogens with zero attached hydrogens (tertiary/aromatic N) is 8. The molecule has 0 aliphatic carbocycles. The normalized spacial score (nSPS) is 17.6. The van der Waals surface area contributed by atoms with Gasteiger partial charge in [-0.1, -0.05) is 6.07 Å². The summed E-state index contributed by atoms with van der Waals surface area (Å²) in [5.41, 5.74) is 1.49. The molecule has 2 saturated heterocycles. The molecule has 2 amide bonds. The van der Waals surface area contributed by atoms with Gasteiger partial charge in [-0.3, -0.25) is 14.7 Å². The van der Waals surface area contributed by atoms with Crippen molar-refractivity contribution in [1.29, 1.82) is 0 Å². The minimum Gasteiger partial charge on any atom is -0.341 e.